The highest BCUT2D eigenvalue weighted by atomic mass is 32.2. The highest BCUT2D eigenvalue weighted by molar-refractivity contribution is 7.91. The van der Waals surface area contributed by atoms with Crippen molar-refractivity contribution in [3.8, 4) is 28.6 Å². The standard InChI is InChI=1S/C24H26N2O7S/c1-30-19-7-5-17(6-8-19)22-13-20(25-33-22)24(27)26(18-10-11-34(28,29)15-18)14-16-4-9-21(31-2)23(12-16)32-3/h4-9,12-13,18H,10-11,14-15H2,1-3H3/t18-/m1/s1. The van der Waals surface area contributed by atoms with Crippen molar-refractivity contribution in [2.75, 3.05) is 32.8 Å². The summed E-state index contributed by atoms with van der Waals surface area (Å²) in [5, 5.41) is 3.97. The molecule has 34 heavy (non-hydrogen) atoms. The number of carbonyl (C=O) groups excluding carboxylic acids is 1. The van der Waals surface area contributed by atoms with Gasteiger partial charge >= 0.3 is 0 Å². The van der Waals surface area contributed by atoms with Gasteiger partial charge in [0.2, 0.25) is 0 Å². The monoisotopic (exact) mass is 486 g/mol. The van der Waals surface area contributed by atoms with Gasteiger partial charge in [-0.1, -0.05) is 11.2 Å². The molecule has 1 saturated heterocycles. The second kappa shape index (κ2) is 9.76. The molecule has 1 aliphatic heterocycles. The lowest BCUT2D eigenvalue weighted by Gasteiger charge is -2.27. The van der Waals surface area contributed by atoms with E-state index in [1.54, 1.807) is 61.6 Å². The predicted octanol–water partition coefficient (Wildman–Crippen LogP) is 3.20. The van der Waals surface area contributed by atoms with Crippen LogP contribution in [-0.2, 0) is 16.4 Å². The molecule has 0 radical (unpaired) electrons. The van der Waals surface area contributed by atoms with E-state index in [0.717, 1.165) is 11.1 Å². The fraction of sp³-hybridized carbons (Fsp3) is 0.333. The summed E-state index contributed by atoms with van der Waals surface area (Å²) in [5.74, 6) is 1.76. The molecule has 1 atom stereocenters. The largest absolute Gasteiger partial charge is 0.497 e. The second-order valence-corrected chi connectivity index (χ2v) is 10.2. The fourth-order valence-corrected chi connectivity index (χ4v) is 5.71. The van der Waals surface area contributed by atoms with Gasteiger partial charge in [0.1, 0.15) is 5.75 Å². The Balaban J connectivity index is 1.62. The molecule has 0 N–H and O–H groups in total. The quantitative estimate of drug-likeness (QED) is 0.478. The molecule has 1 aromatic heterocycles. The lowest BCUT2D eigenvalue weighted by atomic mass is 10.1. The minimum atomic E-state index is -3.21. The van der Waals surface area contributed by atoms with Crippen LogP contribution in [-0.4, -0.2) is 63.3 Å². The molecular formula is C24H26N2O7S. The molecule has 0 spiro atoms. The van der Waals surface area contributed by atoms with Crippen LogP contribution in [0.1, 0.15) is 22.5 Å². The zero-order valence-corrected chi connectivity index (χ0v) is 20.0. The maximum atomic E-state index is 13.5. The number of amides is 1. The Morgan fingerprint density at radius 3 is 2.38 bits per heavy atom. The zero-order valence-electron chi connectivity index (χ0n) is 19.2. The average molecular weight is 487 g/mol. The SMILES string of the molecule is COc1ccc(-c2cc(C(=O)N(Cc3ccc(OC)c(OC)c3)[C@@H]3CCS(=O)(=O)C3)no2)cc1. The Morgan fingerprint density at radius 1 is 1.03 bits per heavy atom. The lowest BCUT2D eigenvalue weighted by molar-refractivity contribution is 0.0670. The number of ether oxygens (including phenoxy) is 3. The lowest BCUT2D eigenvalue weighted by Crippen LogP contribution is -2.40. The first-order chi connectivity index (χ1) is 16.3. The molecule has 2 aromatic carbocycles. The number of carbonyl (C=O) groups is 1. The Kier molecular flexibility index (Phi) is 6.78. The van der Waals surface area contributed by atoms with E-state index in [9.17, 15) is 13.2 Å². The normalized spacial score (nSPS) is 16.7. The molecule has 9 nitrogen and oxygen atoms in total. The number of methoxy groups -OCH3 is 3. The molecule has 1 aliphatic rings. The van der Waals surface area contributed by atoms with Crippen molar-refractivity contribution in [2.24, 2.45) is 0 Å². The van der Waals surface area contributed by atoms with E-state index in [4.69, 9.17) is 18.7 Å². The molecule has 180 valence electrons. The first-order valence-electron chi connectivity index (χ1n) is 10.7. The molecule has 0 bridgehead atoms. The van der Waals surface area contributed by atoms with E-state index in [1.807, 2.05) is 6.07 Å². The average Bonchev–Trinajstić information content (AvgIpc) is 3.48. The van der Waals surface area contributed by atoms with Crippen molar-refractivity contribution in [1.82, 2.24) is 10.1 Å². The molecule has 10 heteroatoms. The Hall–Kier alpha value is -3.53. The van der Waals surface area contributed by atoms with Crippen molar-refractivity contribution < 1.29 is 31.9 Å². The van der Waals surface area contributed by atoms with Gasteiger partial charge in [-0.05, 0) is 48.4 Å². The highest BCUT2D eigenvalue weighted by Crippen LogP contribution is 2.30. The van der Waals surface area contributed by atoms with E-state index in [1.165, 1.54) is 7.11 Å². The maximum absolute atomic E-state index is 13.5. The first kappa shape index (κ1) is 23.6. The summed E-state index contributed by atoms with van der Waals surface area (Å²) in [5.41, 5.74) is 1.62. The Morgan fingerprint density at radius 2 is 1.76 bits per heavy atom. The van der Waals surface area contributed by atoms with Crippen LogP contribution < -0.4 is 14.2 Å². The van der Waals surface area contributed by atoms with Gasteiger partial charge in [-0.3, -0.25) is 4.79 Å². The minimum absolute atomic E-state index is 0.0449. The second-order valence-electron chi connectivity index (χ2n) is 7.98. The summed E-state index contributed by atoms with van der Waals surface area (Å²) in [4.78, 5) is 15.0. The summed E-state index contributed by atoms with van der Waals surface area (Å²) in [6.45, 7) is 0.185. The van der Waals surface area contributed by atoms with Crippen molar-refractivity contribution in [2.45, 2.75) is 19.0 Å². The molecule has 1 fully saturated rings. The molecular weight excluding hydrogens is 460 g/mol. The fourth-order valence-electron chi connectivity index (χ4n) is 3.98. The van der Waals surface area contributed by atoms with Gasteiger partial charge in [0.15, 0.2) is 32.8 Å². The maximum Gasteiger partial charge on any atom is 0.276 e. The number of rotatable bonds is 8. The molecule has 2 heterocycles. The summed E-state index contributed by atoms with van der Waals surface area (Å²) >= 11 is 0. The van der Waals surface area contributed by atoms with E-state index >= 15 is 0 Å². The molecule has 0 unspecified atom stereocenters. The number of aromatic nitrogens is 1. The Labute approximate surface area is 198 Å². The smallest absolute Gasteiger partial charge is 0.276 e. The number of hydrogen-bond acceptors (Lipinski definition) is 8. The number of benzene rings is 2. The van der Waals surface area contributed by atoms with E-state index < -0.39 is 21.8 Å². The molecule has 3 aromatic rings. The molecule has 0 aliphatic carbocycles. The van der Waals surface area contributed by atoms with E-state index in [-0.39, 0.29) is 23.7 Å². The predicted molar refractivity (Wildman–Crippen MR) is 125 cm³/mol. The van der Waals surface area contributed by atoms with Crippen molar-refractivity contribution in [3.63, 3.8) is 0 Å². The van der Waals surface area contributed by atoms with Gasteiger partial charge in [-0.15, -0.1) is 0 Å². The van der Waals surface area contributed by atoms with Crippen LogP contribution in [0.3, 0.4) is 0 Å². The van der Waals surface area contributed by atoms with Crippen LogP contribution in [0.2, 0.25) is 0 Å². The van der Waals surface area contributed by atoms with Gasteiger partial charge in [-0.2, -0.15) is 0 Å². The van der Waals surface area contributed by atoms with E-state index in [0.29, 0.717) is 29.4 Å². The van der Waals surface area contributed by atoms with Crippen LogP contribution in [0.4, 0.5) is 0 Å². The molecule has 0 saturated carbocycles. The van der Waals surface area contributed by atoms with Crippen molar-refractivity contribution >= 4 is 15.7 Å². The van der Waals surface area contributed by atoms with Crippen LogP contribution >= 0.6 is 0 Å². The first-order valence-corrected chi connectivity index (χ1v) is 12.5. The third kappa shape index (κ3) is 5.01. The van der Waals surface area contributed by atoms with Gasteiger partial charge in [-0.25, -0.2) is 8.42 Å². The van der Waals surface area contributed by atoms with Crippen LogP contribution in [0.5, 0.6) is 17.2 Å². The minimum Gasteiger partial charge on any atom is -0.497 e. The van der Waals surface area contributed by atoms with Crippen LogP contribution in [0.15, 0.2) is 53.1 Å². The summed E-state index contributed by atoms with van der Waals surface area (Å²) in [7, 11) is 1.44. The number of nitrogens with zero attached hydrogens (tertiary/aromatic N) is 2. The zero-order chi connectivity index (χ0) is 24.3. The third-order valence-corrected chi connectivity index (χ3v) is 7.57. The summed E-state index contributed by atoms with van der Waals surface area (Å²) in [6, 6.07) is 13.6. The number of hydrogen-bond donors (Lipinski definition) is 0. The van der Waals surface area contributed by atoms with Gasteiger partial charge in [0.25, 0.3) is 5.91 Å². The Bertz CT molecular complexity index is 1270. The van der Waals surface area contributed by atoms with Crippen molar-refractivity contribution in [1.29, 1.82) is 0 Å². The van der Waals surface area contributed by atoms with Gasteiger partial charge in [0.05, 0.1) is 32.8 Å². The van der Waals surface area contributed by atoms with Gasteiger partial charge < -0.3 is 23.6 Å². The van der Waals surface area contributed by atoms with Crippen LogP contribution in [0, 0.1) is 0 Å². The number of sulfone groups is 1. The van der Waals surface area contributed by atoms with E-state index in [2.05, 4.69) is 5.16 Å². The molecule has 4 rings (SSSR count). The topological polar surface area (TPSA) is 108 Å². The third-order valence-electron chi connectivity index (χ3n) is 5.81. The molecule has 1 amide bonds. The van der Waals surface area contributed by atoms with Gasteiger partial charge in [0, 0.05) is 24.2 Å². The van der Waals surface area contributed by atoms with Crippen LogP contribution in [0.25, 0.3) is 11.3 Å². The highest BCUT2D eigenvalue weighted by Gasteiger charge is 2.36. The summed E-state index contributed by atoms with van der Waals surface area (Å²) in [6.07, 6.45) is 0.366. The van der Waals surface area contributed by atoms with Crippen molar-refractivity contribution in [3.05, 3.63) is 59.8 Å². The summed E-state index contributed by atoms with van der Waals surface area (Å²) < 4.78 is 45.6.